The first-order valence-corrected chi connectivity index (χ1v) is 10.4. The topological polar surface area (TPSA) is 106 Å². The molecule has 1 aromatic rings. The maximum Gasteiger partial charge on any atom is 0.410 e. The molecule has 0 spiro atoms. The molecule has 0 saturated carbocycles. The number of hydrogen-bond donors (Lipinski definition) is 2. The first-order chi connectivity index (χ1) is 14.6. The molecule has 1 saturated heterocycles. The van der Waals surface area contributed by atoms with E-state index in [9.17, 15) is 14.4 Å². The number of rotatable bonds is 7. The Bertz CT molecular complexity index is 749. The van der Waals surface area contributed by atoms with Crippen molar-refractivity contribution in [2.24, 2.45) is 0 Å². The Morgan fingerprint density at radius 1 is 1.13 bits per heavy atom. The number of carbonyl (C=O) groups excluding carboxylic acids is 3. The first-order valence-electron chi connectivity index (χ1n) is 10.4. The van der Waals surface area contributed by atoms with Crippen molar-refractivity contribution in [3.05, 3.63) is 35.9 Å². The van der Waals surface area contributed by atoms with Crippen molar-refractivity contribution >= 4 is 18.2 Å². The van der Waals surface area contributed by atoms with Crippen LogP contribution in [0.15, 0.2) is 30.3 Å². The lowest BCUT2D eigenvalue weighted by Gasteiger charge is -2.40. The molecule has 0 radical (unpaired) electrons. The molecular formula is C22H33N3O6. The maximum atomic E-state index is 12.6. The summed E-state index contributed by atoms with van der Waals surface area (Å²) in [4.78, 5) is 38.4. The molecule has 2 N–H and O–H groups in total. The molecule has 0 aliphatic carbocycles. The molecule has 1 aliphatic rings. The minimum atomic E-state index is -1.06. The lowest BCUT2D eigenvalue weighted by atomic mass is 9.89. The van der Waals surface area contributed by atoms with Gasteiger partial charge in [-0.05, 0) is 39.2 Å². The Kier molecular flexibility index (Phi) is 8.67. The highest BCUT2D eigenvalue weighted by molar-refractivity contribution is 5.82. The van der Waals surface area contributed by atoms with Gasteiger partial charge in [0.2, 0.25) is 0 Å². The number of nitrogens with one attached hydrogen (secondary N) is 2. The van der Waals surface area contributed by atoms with Crippen molar-refractivity contribution in [3.8, 4) is 0 Å². The third kappa shape index (κ3) is 7.75. The van der Waals surface area contributed by atoms with Crippen LogP contribution in [0.5, 0.6) is 0 Å². The van der Waals surface area contributed by atoms with Gasteiger partial charge in [-0.15, -0.1) is 0 Å². The van der Waals surface area contributed by atoms with Gasteiger partial charge in [0, 0.05) is 19.6 Å². The zero-order chi connectivity index (χ0) is 22.9. The summed E-state index contributed by atoms with van der Waals surface area (Å²) in [7, 11) is 1.32. The Balaban J connectivity index is 1.91. The van der Waals surface area contributed by atoms with Gasteiger partial charge in [-0.3, -0.25) is 5.32 Å². The third-order valence-electron chi connectivity index (χ3n) is 4.79. The number of piperidine rings is 1. The zero-order valence-electron chi connectivity index (χ0n) is 18.7. The van der Waals surface area contributed by atoms with Gasteiger partial charge in [0.05, 0.1) is 13.7 Å². The fourth-order valence-electron chi connectivity index (χ4n) is 3.38. The molecule has 1 heterocycles. The van der Waals surface area contributed by atoms with Crippen molar-refractivity contribution in [2.75, 3.05) is 33.3 Å². The summed E-state index contributed by atoms with van der Waals surface area (Å²) in [5.74, 6) is -0.453. The Morgan fingerprint density at radius 3 is 2.48 bits per heavy atom. The van der Waals surface area contributed by atoms with Crippen molar-refractivity contribution in [3.63, 3.8) is 0 Å². The van der Waals surface area contributed by atoms with Crippen LogP contribution in [0, 0.1) is 0 Å². The summed E-state index contributed by atoms with van der Waals surface area (Å²) in [5.41, 5.74) is -0.762. The summed E-state index contributed by atoms with van der Waals surface area (Å²) in [6.07, 6.45) is 0.109. The Hall–Kier alpha value is -2.81. The third-order valence-corrected chi connectivity index (χ3v) is 4.79. The number of carbonyl (C=O) groups is 3. The molecular weight excluding hydrogens is 402 g/mol. The van der Waals surface area contributed by atoms with E-state index in [1.54, 1.807) is 20.8 Å². The molecule has 1 fully saturated rings. The van der Waals surface area contributed by atoms with E-state index >= 15 is 0 Å². The highest BCUT2D eigenvalue weighted by Gasteiger charge is 2.44. The van der Waals surface area contributed by atoms with Crippen LogP contribution in [0.2, 0.25) is 0 Å². The minimum Gasteiger partial charge on any atom is -0.468 e. The summed E-state index contributed by atoms with van der Waals surface area (Å²) in [6, 6.07) is 9.40. The van der Waals surface area contributed by atoms with Gasteiger partial charge in [-0.25, -0.2) is 14.4 Å². The largest absolute Gasteiger partial charge is 0.468 e. The number of hydrogen-bond acceptors (Lipinski definition) is 7. The van der Waals surface area contributed by atoms with E-state index in [4.69, 9.17) is 14.2 Å². The highest BCUT2D eigenvalue weighted by atomic mass is 16.6. The van der Waals surface area contributed by atoms with Gasteiger partial charge in [0.1, 0.15) is 17.7 Å². The summed E-state index contributed by atoms with van der Waals surface area (Å²) in [6.45, 7) is 6.69. The highest BCUT2D eigenvalue weighted by Crippen LogP contribution is 2.23. The molecule has 0 bridgehead atoms. The predicted molar refractivity (Wildman–Crippen MR) is 114 cm³/mol. The van der Waals surface area contributed by atoms with E-state index < -0.39 is 29.3 Å². The van der Waals surface area contributed by atoms with Crippen LogP contribution in [-0.2, 0) is 25.6 Å². The lowest BCUT2D eigenvalue weighted by molar-refractivity contribution is -0.150. The summed E-state index contributed by atoms with van der Waals surface area (Å²) in [5, 5.41) is 5.81. The quantitative estimate of drug-likeness (QED) is 0.385. The molecule has 2 rings (SSSR count). The first kappa shape index (κ1) is 24.5. The van der Waals surface area contributed by atoms with Crippen molar-refractivity contribution in [2.45, 2.75) is 51.4 Å². The Morgan fingerprint density at radius 2 is 1.84 bits per heavy atom. The van der Waals surface area contributed by atoms with Crippen LogP contribution < -0.4 is 10.6 Å². The second-order valence-electron chi connectivity index (χ2n) is 8.49. The van der Waals surface area contributed by atoms with Crippen LogP contribution in [0.1, 0.15) is 39.2 Å². The van der Waals surface area contributed by atoms with E-state index in [0.717, 1.165) is 5.56 Å². The molecule has 9 nitrogen and oxygen atoms in total. The Labute approximate surface area is 183 Å². The van der Waals surface area contributed by atoms with Crippen LogP contribution in [0.25, 0.3) is 0 Å². The van der Waals surface area contributed by atoms with E-state index in [1.165, 1.54) is 12.0 Å². The molecule has 1 unspecified atom stereocenters. The number of likely N-dealkylation sites (tertiary alicyclic amines) is 1. The lowest BCUT2D eigenvalue weighted by Crippen LogP contribution is -2.64. The zero-order valence-corrected chi connectivity index (χ0v) is 18.7. The second-order valence-corrected chi connectivity index (χ2v) is 8.49. The summed E-state index contributed by atoms with van der Waals surface area (Å²) >= 11 is 0. The second kappa shape index (κ2) is 11.0. The normalized spacial score (nSPS) is 18.8. The van der Waals surface area contributed by atoms with Gasteiger partial charge >= 0.3 is 18.2 Å². The standard InChI is InChI=1S/C22H33N3O6/c1-21(2,3)31-19(27)23-12-13-24-22(18(26)29-4)11-8-14-25(16-22)20(28)30-15-17-9-6-5-7-10-17/h5-7,9-10,24H,8,11-16H2,1-4H3,(H,23,27). The van der Waals surface area contributed by atoms with Crippen molar-refractivity contribution in [1.29, 1.82) is 0 Å². The van der Waals surface area contributed by atoms with Crippen molar-refractivity contribution < 1.29 is 28.6 Å². The van der Waals surface area contributed by atoms with Crippen LogP contribution in [-0.4, -0.2) is 67.5 Å². The molecule has 0 aromatic heterocycles. The summed E-state index contributed by atoms with van der Waals surface area (Å²) < 4.78 is 15.6. The predicted octanol–water partition coefficient (Wildman–Crippen LogP) is 2.45. The van der Waals surface area contributed by atoms with E-state index in [-0.39, 0.29) is 19.7 Å². The minimum absolute atomic E-state index is 0.125. The van der Waals surface area contributed by atoms with Crippen LogP contribution >= 0.6 is 0 Å². The molecule has 31 heavy (non-hydrogen) atoms. The molecule has 1 aliphatic heterocycles. The van der Waals surface area contributed by atoms with Crippen LogP contribution in [0.3, 0.4) is 0 Å². The molecule has 1 atom stereocenters. The fourth-order valence-corrected chi connectivity index (χ4v) is 3.38. The number of nitrogens with zero attached hydrogens (tertiary/aromatic N) is 1. The average Bonchev–Trinajstić information content (AvgIpc) is 2.74. The fraction of sp³-hybridized carbons (Fsp3) is 0.591. The van der Waals surface area contributed by atoms with Gasteiger partial charge in [-0.1, -0.05) is 30.3 Å². The van der Waals surface area contributed by atoms with Gasteiger partial charge in [-0.2, -0.15) is 0 Å². The molecule has 1 aromatic carbocycles. The van der Waals surface area contributed by atoms with E-state index in [0.29, 0.717) is 25.9 Å². The monoisotopic (exact) mass is 435 g/mol. The van der Waals surface area contributed by atoms with E-state index in [1.807, 2.05) is 30.3 Å². The number of benzene rings is 1. The molecule has 2 amide bonds. The number of esters is 1. The van der Waals surface area contributed by atoms with Crippen molar-refractivity contribution in [1.82, 2.24) is 15.5 Å². The average molecular weight is 436 g/mol. The van der Waals surface area contributed by atoms with Crippen LogP contribution in [0.4, 0.5) is 9.59 Å². The molecule has 172 valence electrons. The van der Waals surface area contributed by atoms with Gasteiger partial charge < -0.3 is 24.4 Å². The number of methoxy groups -OCH3 is 1. The van der Waals surface area contributed by atoms with Gasteiger partial charge in [0.25, 0.3) is 0 Å². The van der Waals surface area contributed by atoms with Gasteiger partial charge in [0.15, 0.2) is 0 Å². The molecule has 9 heteroatoms. The SMILES string of the molecule is COC(=O)C1(NCCNC(=O)OC(C)(C)C)CCCN(C(=O)OCc2ccccc2)C1. The maximum absolute atomic E-state index is 12.6. The number of ether oxygens (including phenoxy) is 3. The number of amides is 2. The smallest absolute Gasteiger partial charge is 0.410 e. The van der Waals surface area contributed by atoms with E-state index in [2.05, 4.69) is 10.6 Å². The number of alkyl carbamates (subject to hydrolysis) is 1.